The van der Waals surface area contributed by atoms with Crippen molar-refractivity contribution < 1.29 is 4.79 Å². The highest BCUT2D eigenvalue weighted by Gasteiger charge is 2.17. The maximum Gasteiger partial charge on any atom is 0.271 e. The van der Waals surface area contributed by atoms with Gasteiger partial charge in [-0.1, -0.05) is 0 Å². The molecule has 7 heteroatoms. The van der Waals surface area contributed by atoms with Gasteiger partial charge >= 0.3 is 0 Å². The third-order valence-electron chi connectivity index (χ3n) is 3.21. The summed E-state index contributed by atoms with van der Waals surface area (Å²) in [7, 11) is 0. The van der Waals surface area contributed by atoms with Gasteiger partial charge in [-0.15, -0.1) is 11.3 Å². The van der Waals surface area contributed by atoms with E-state index in [0.29, 0.717) is 23.3 Å². The van der Waals surface area contributed by atoms with Crippen LogP contribution in [0.1, 0.15) is 0 Å². The molecule has 0 bridgehead atoms. The number of rotatable bonds is 2. The van der Waals surface area contributed by atoms with Gasteiger partial charge in [-0.2, -0.15) is 0 Å². The van der Waals surface area contributed by atoms with Gasteiger partial charge in [-0.05, 0) is 11.4 Å². The Morgan fingerprint density at radius 3 is 3.00 bits per heavy atom. The van der Waals surface area contributed by atoms with Crippen molar-refractivity contribution in [1.29, 1.82) is 0 Å². The van der Waals surface area contributed by atoms with Crippen molar-refractivity contribution in [2.45, 2.75) is 6.54 Å². The molecule has 1 saturated heterocycles. The minimum atomic E-state index is -0.136. The van der Waals surface area contributed by atoms with Crippen LogP contribution in [0.3, 0.4) is 0 Å². The number of carbonyl (C=O) groups is 1. The lowest BCUT2D eigenvalue weighted by Crippen LogP contribution is -2.48. The molecule has 0 aromatic carbocycles. The Morgan fingerprint density at radius 1 is 1.42 bits per heavy atom. The molecular formula is C12H14N4O2S. The van der Waals surface area contributed by atoms with Crippen molar-refractivity contribution in [3.8, 4) is 0 Å². The molecule has 1 fully saturated rings. The van der Waals surface area contributed by atoms with Gasteiger partial charge in [0.05, 0.1) is 11.8 Å². The molecule has 19 heavy (non-hydrogen) atoms. The molecule has 1 N–H and O–H groups in total. The number of piperazine rings is 1. The van der Waals surface area contributed by atoms with E-state index in [1.807, 2.05) is 11.4 Å². The predicted molar refractivity (Wildman–Crippen MR) is 73.3 cm³/mol. The fourth-order valence-electron chi connectivity index (χ4n) is 2.15. The Morgan fingerprint density at radius 2 is 2.21 bits per heavy atom. The zero-order valence-corrected chi connectivity index (χ0v) is 11.2. The fourth-order valence-corrected chi connectivity index (χ4v) is 2.94. The van der Waals surface area contributed by atoms with E-state index in [1.54, 1.807) is 4.90 Å². The number of hydrogen-bond donors (Lipinski definition) is 1. The van der Waals surface area contributed by atoms with Crippen LogP contribution in [0.5, 0.6) is 0 Å². The molecule has 2 aromatic rings. The van der Waals surface area contributed by atoms with Gasteiger partial charge in [0.15, 0.2) is 0 Å². The molecule has 0 spiro atoms. The Hall–Kier alpha value is -1.73. The third kappa shape index (κ3) is 2.39. The van der Waals surface area contributed by atoms with Crippen LogP contribution in [0.2, 0.25) is 0 Å². The molecule has 0 aliphatic carbocycles. The highest BCUT2D eigenvalue weighted by atomic mass is 32.1. The summed E-state index contributed by atoms with van der Waals surface area (Å²) in [5.74, 6) is -0.0266. The summed E-state index contributed by atoms with van der Waals surface area (Å²) in [6.45, 7) is 3.08. The second-order valence-electron chi connectivity index (χ2n) is 4.44. The Balaban J connectivity index is 1.82. The predicted octanol–water partition coefficient (Wildman–Crippen LogP) is -0.110. The molecular weight excluding hydrogens is 264 g/mol. The Bertz CT molecular complexity index is 657. The lowest BCUT2D eigenvalue weighted by molar-refractivity contribution is -0.132. The van der Waals surface area contributed by atoms with Gasteiger partial charge in [0.1, 0.15) is 11.2 Å². The van der Waals surface area contributed by atoms with E-state index in [1.165, 1.54) is 22.2 Å². The van der Waals surface area contributed by atoms with Crippen LogP contribution in [0.4, 0.5) is 0 Å². The number of aromatic nitrogens is 2. The van der Waals surface area contributed by atoms with Crippen LogP contribution >= 0.6 is 11.3 Å². The van der Waals surface area contributed by atoms with E-state index < -0.39 is 0 Å². The van der Waals surface area contributed by atoms with Crippen LogP contribution in [-0.2, 0) is 11.3 Å². The van der Waals surface area contributed by atoms with Crippen LogP contribution in [0, 0.1) is 0 Å². The quantitative estimate of drug-likeness (QED) is 0.832. The first-order valence-corrected chi connectivity index (χ1v) is 7.05. The molecule has 1 aliphatic rings. The lowest BCUT2D eigenvalue weighted by atomic mass is 10.3. The molecule has 3 rings (SSSR count). The first kappa shape index (κ1) is 12.3. The van der Waals surface area contributed by atoms with Crippen LogP contribution in [0.15, 0.2) is 22.6 Å². The Labute approximate surface area is 113 Å². The first-order chi connectivity index (χ1) is 9.25. The van der Waals surface area contributed by atoms with Crippen molar-refractivity contribution in [1.82, 2.24) is 19.8 Å². The van der Waals surface area contributed by atoms with E-state index >= 15 is 0 Å². The SMILES string of the molecule is O=C(Cn1cnc2ccsc2c1=O)N1CCNCC1. The summed E-state index contributed by atoms with van der Waals surface area (Å²) in [6.07, 6.45) is 1.46. The molecule has 0 atom stereocenters. The summed E-state index contributed by atoms with van der Waals surface area (Å²) in [5, 5.41) is 5.03. The number of carbonyl (C=O) groups excluding carboxylic acids is 1. The Kier molecular flexibility index (Phi) is 3.31. The molecule has 0 saturated carbocycles. The summed E-state index contributed by atoms with van der Waals surface area (Å²) >= 11 is 1.36. The maximum atomic E-state index is 12.2. The first-order valence-electron chi connectivity index (χ1n) is 6.17. The molecule has 2 aromatic heterocycles. The molecule has 6 nitrogen and oxygen atoms in total. The molecule has 100 valence electrons. The number of nitrogens with one attached hydrogen (secondary N) is 1. The summed E-state index contributed by atoms with van der Waals surface area (Å²) in [4.78, 5) is 30.2. The van der Waals surface area contributed by atoms with E-state index in [2.05, 4.69) is 10.3 Å². The van der Waals surface area contributed by atoms with Crippen molar-refractivity contribution in [2.75, 3.05) is 26.2 Å². The lowest BCUT2D eigenvalue weighted by Gasteiger charge is -2.27. The van der Waals surface area contributed by atoms with E-state index in [4.69, 9.17) is 0 Å². The average Bonchev–Trinajstić information content (AvgIpc) is 2.92. The van der Waals surface area contributed by atoms with Crippen LogP contribution in [-0.4, -0.2) is 46.5 Å². The van der Waals surface area contributed by atoms with Gasteiger partial charge < -0.3 is 10.2 Å². The minimum Gasteiger partial charge on any atom is -0.339 e. The van der Waals surface area contributed by atoms with Crippen molar-refractivity contribution in [3.05, 3.63) is 28.1 Å². The smallest absolute Gasteiger partial charge is 0.271 e. The largest absolute Gasteiger partial charge is 0.339 e. The van der Waals surface area contributed by atoms with Gasteiger partial charge in [0, 0.05) is 26.2 Å². The maximum absolute atomic E-state index is 12.2. The zero-order valence-electron chi connectivity index (χ0n) is 10.3. The van der Waals surface area contributed by atoms with E-state index in [-0.39, 0.29) is 18.0 Å². The fraction of sp³-hybridized carbons (Fsp3) is 0.417. The van der Waals surface area contributed by atoms with Gasteiger partial charge in [0.25, 0.3) is 5.56 Å². The highest BCUT2D eigenvalue weighted by molar-refractivity contribution is 7.17. The number of hydrogen-bond acceptors (Lipinski definition) is 5. The summed E-state index contributed by atoms with van der Waals surface area (Å²) in [6, 6.07) is 1.81. The van der Waals surface area contributed by atoms with E-state index in [0.717, 1.165) is 13.1 Å². The van der Waals surface area contributed by atoms with Gasteiger partial charge in [-0.3, -0.25) is 14.2 Å². The second kappa shape index (κ2) is 5.10. The average molecular weight is 278 g/mol. The van der Waals surface area contributed by atoms with E-state index in [9.17, 15) is 9.59 Å². The molecule has 1 aliphatic heterocycles. The highest BCUT2D eigenvalue weighted by Crippen LogP contribution is 2.13. The van der Waals surface area contributed by atoms with Crippen LogP contribution in [0.25, 0.3) is 10.2 Å². The number of amides is 1. The minimum absolute atomic E-state index is 0.0266. The zero-order chi connectivity index (χ0) is 13.2. The molecule has 0 unspecified atom stereocenters. The van der Waals surface area contributed by atoms with Crippen LogP contribution < -0.4 is 10.9 Å². The normalized spacial score (nSPS) is 15.9. The van der Waals surface area contributed by atoms with Gasteiger partial charge in [0.2, 0.25) is 5.91 Å². The number of nitrogens with zero attached hydrogens (tertiary/aromatic N) is 3. The number of fused-ring (bicyclic) bond motifs is 1. The summed E-state index contributed by atoms with van der Waals surface area (Å²) < 4.78 is 2.00. The van der Waals surface area contributed by atoms with Crippen molar-refractivity contribution >= 4 is 27.5 Å². The van der Waals surface area contributed by atoms with Crippen molar-refractivity contribution in [3.63, 3.8) is 0 Å². The second-order valence-corrected chi connectivity index (χ2v) is 5.36. The molecule has 1 amide bonds. The molecule has 3 heterocycles. The van der Waals surface area contributed by atoms with Crippen molar-refractivity contribution in [2.24, 2.45) is 0 Å². The monoisotopic (exact) mass is 278 g/mol. The topological polar surface area (TPSA) is 67.2 Å². The van der Waals surface area contributed by atoms with Gasteiger partial charge in [-0.25, -0.2) is 4.98 Å². The summed E-state index contributed by atoms with van der Waals surface area (Å²) in [5.41, 5.74) is 0.560. The number of thiophene rings is 1. The third-order valence-corrected chi connectivity index (χ3v) is 4.10. The molecule has 0 radical (unpaired) electrons. The standard InChI is InChI=1S/C12H14N4O2S/c17-10(15-4-2-13-3-5-15)7-16-8-14-9-1-6-19-11(9)12(16)18/h1,6,8,13H,2-5,7H2.